The average Bonchev–Trinajstić information content (AvgIpc) is 2.37. The highest BCUT2D eigenvalue weighted by atomic mass is 15.3. The molecule has 0 unspecified atom stereocenters. The van der Waals surface area contributed by atoms with Crippen molar-refractivity contribution in [2.24, 2.45) is 5.84 Å². The summed E-state index contributed by atoms with van der Waals surface area (Å²) < 4.78 is 0. The lowest BCUT2D eigenvalue weighted by molar-refractivity contribution is 1.02. The SMILES string of the molecule is Cc1ccc(CNc2cc(NN)nc(C)n2)cc1. The average molecular weight is 243 g/mol. The minimum atomic E-state index is 0.605. The fourth-order valence-electron chi connectivity index (χ4n) is 1.63. The molecule has 0 aliphatic carbocycles. The number of nitrogens with zero attached hydrogens (tertiary/aromatic N) is 2. The van der Waals surface area contributed by atoms with E-state index in [0.717, 1.165) is 12.4 Å². The molecule has 5 nitrogen and oxygen atoms in total. The number of anilines is 2. The van der Waals surface area contributed by atoms with Crippen LogP contribution in [-0.2, 0) is 6.54 Å². The Labute approximate surface area is 106 Å². The molecule has 1 aromatic carbocycles. The van der Waals surface area contributed by atoms with E-state index in [1.165, 1.54) is 11.1 Å². The Bertz CT molecular complexity index is 521. The molecule has 5 heteroatoms. The van der Waals surface area contributed by atoms with Gasteiger partial charge in [0.05, 0.1) is 0 Å². The van der Waals surface area contributed by atoms with Crippen LogP contribution in [0.15, 0.2) is 30.3 Å². The first kappa shape index (κ1) is 12.3. The fourth-order valence-corrected chi connectivity index (χ4v) is 1.63. The molecule has 18 heavy (non-hydrogen) atoms. The predicted octanol–water partition coefficient (Wildman–Crippen LogP) is 1.99. The van der Waals surface area contributed by atoms with Crippen LogP contribution in [0.2, 0.25) is 0 Å². The summed E-state index contributed by atoms with van der Waals surface area (Å²) >= 11 is 0. The molecule has 0 aliphatic heterocycles. The van der Waals surface area contributed by atoms with Gasteiger partial charge in [0.2, 0.25) is 0 Å². The summed E-state index contributed by atoms with van der Waals surface area (Å²) in [4.78, 5) is 8.43. The van der Waals surface area contributed by atoms with Gasteiger partial charge in [0.15, 0.2) is 0 Å². The molecule has 1 aromatic heterocycles. The van der Waals surface area contributed by atoms with Crippen molar-refractivity contribution >= 4 is 11.6 Å². The molecular weight excluding hydrogens is 226 g/mol. The first-order valence-corrected chi connectivity index (χ1v) is 5.79. The monoisotopic (exact) mass is 243 g/mol. The number of hydrogen-bond acceptors (Lipinski definition) is 5. The second-order valence-electron chi connectivity index (χ2n) is 4.17. The number of benzene rings is 1. The molecule has 0 spiro atoms. The van der Waals surface area contributed by atoms with Gasteiger partial charge in [-0.3, -0.25) is 0 Å². The zero-order chi connectivity index (χ0) is 13.0. The molecule has 0 amide bonds. The third-order valence-electron chi connectivity index (χ3n) is 2.58. The zero-order valence-electron chi connectivity index (χ0n) is 10.6. The van der Waals surface area contributed by atoms with E-state index in [0.29, 0.717) is 11.6 Å². The van der Waals surface area contributed by atoms with Gasteiger partial charge in [-0.05, 0) is 19.4 Å². The summed E-state index contributed by atoms with van der Waals surface area (Å²) in [5.74, 6) is 7.39. The van der Waals surface area contributed by atoms with Crippen LogP contribution in [0.25, 0.3) is 0 Å². The normalized spacial score (nSPS) is 10.2. The number of nitrogens with two attached hydrogens (primary N) is 1. The molecule has 4 N–H and O–H groups in total. The Kier molecular flexibility index (Phi) is 3.74. The largest absolute Gasteiger partial charge is 0.366 e. The summed E-state index contributed by atoms with van der Waals surface area (Å²) in [7, 11) is 0. The topological polar surface area (TPSA) is 75.9 Å². The first-order chi connectivity index (χ1) is 8.67. The minimum Gasteiger partial charge on any atom is -0.366 e. The van der Waals surface area contributed by atoms with Crippen LogP contribution in [-0.4, -0.2) is 9.97 Å². The van der Waals surface area contributed by atoms with Crippen molar-refractivity contribution in [3.63, 3.8) is 0 Å². The Balaban J connectivity index is 2.05. The number of rotatable bonds is 4. The summed E-state index contributed by atoms with van der Waals surface area (Å²) in [6.45, 7) is 4.63. The maximum atomic E-state index is 5.34. The second kappa shape index (κ2) is 5.46. The molecule has 2 aromatic rings. The zero-order valence-corrected chi connectivity index (χ0v) is 10.6. The summed E-state index contributed by atoms with van der Waals surface area (Å²) in [5, 5.41) is 3.25. The van der Waals surface area contributed by atoms with E-state index in [9.17, 15) is 0 Å². The number of aromatic nitrogens is 2. The van der Waals surface area contributed by atoms with Crippen LogP contribution in [0, 0.1) is 13.8 Å². The molecule has 94 valence electrons. The van der Waals surface area contributed by atoms with Crippen LogP contribution >= 0.6 is 0 Å². The van der Waals surface area contributed by atoms with Gasteiger partial charge in [0.1, 0.15) is 17.5 Å². The van der Waals surface area contributed by atoms with Crippen LogP contribution in [0.1, 0.15) is 17.0 Å². The highest BCUT2D eigenvalue weighted by molar-refractivity contribution is 5.47. The molecule has 0 saturated carbocycles. The van der Waals surface area contributed by atoms with E-state index >= 15 is 0 Å². The Morgan fingerprint density at radius 2 is 1.72 bits per heavy atom. The third kappa shape index (κ3) is 3.18. The van der Waals surface area contributed by atoms with E-state index in [1.54, 1.807) is 6.07 Å². The van der Waals surface area contributed by atoms with Crippen LogP contribution < -0.4 is 16.6 Å². The van der Waals surface area contributed by atoms with E-state index in [2.05, 4.69) is 51.9 Å². The Morgan fingerprint density at radius 1 is 1.06 bits per heavy atom. The maximum Gasteiger partial charge on any atom is 0.145 e. The molecule has 0 radical (unpaired) electrons. The Hall–Kier alpha value is -2.14. The van der Waals surface area contributed by atoms with Gasteiger partial charge in [-0.25, -0.2) is 15.8 Å². The first-order valence-electron chi connectivity index (χ1n) is 5.79. The van der Waals surface area contributed by atoms with Crippen molar-refractivity contribution in [2.45, 2.75) is 20.4 Å². The number of nitrogens with one attached hydrogen (secondary N) is 2. The molecule has 0 saturated heterocycles. The second-order valence-corrected chi connectivity index (χ2v) is 4.17. The van der Waals surface area contributed by atoms with Gasteiger partial charge in [-0.15, -0.1) is 0 Å². The van der Waals surface area contributed by atoms with E-state index < -0.39 is 0 Å². The highest BCUT2D eigenvalue weighted by Crippen LogP contribution is 2.11. The maximum absolute atomic E-state index is 5.34. The van der Waals surface area contributed by atoms with E-state index in [1.807, 2.05) is 6.92 Å². The Morgan fingerprint density at radius 3 is 2.39 bits per heavy atom. The third-order valence-corrected chi connectivity index (χ3v) is 2.58. The minimum absolute atomic E-state index is 0.605. The van der Waals surface area contributed by atoms with E-state index in [-0.39, 0.29) is 0 Å². The number of hydrogen-bond donors (Lipinski definition) is 3. The van der Waals surface area contributed by atoms with Gasteiger partial charge in [0, 0.05) is 12.6 Å². The highest BCUT2D eigenvalue weighted by Gasteiger charge is 2.00. The quantitative estimate of drug-likeness (QED) is 0.565. The lowest BCUT2D eigenvalue weighted by Gasteiger charge is -2.08. The van der Waals surface area contributed by atoms with Crippen LogP contribution in [0.5, 0.6) is 0 Å². The van der Waals surface area contributed by atoms with Crippen molar-refractivity contribution in [1.29, 1.82) is 0 Å². The van der Waals surface area contributed by atoms with Gasteiger partial charge in [-0.2, -0.15) is 0 Å². The molecule has 0 atom stereocenters. The van der Waals surface area contributed by atoms with Gasteiger partial charge in [-0.1, -0.05) is 29.8 Å². The smallest absolute Gasteiger partial charge is 0.145 e. The molecule has 2 rings (SSSR count). The van der Waals surface area contributed by atoms with Crippen molar-refractivity contribution in [1.82, 2.24) is 9.97 Å². The number of hydrazine groups is 1. The van der Waals surface area contributed by atoms with Crippen molar-refractivity contribution < 1.29 is 0 Å². The molecule has 0 fully saturated rings. The number of aryl methyl sites for hydroxylation is 2. The van der Waals surface area contributed by atoms with Crippen molar-refractivity contribution in [3.8, 4) is 0 Å². The van der Waals surface area contributed by atoms with Crippen LogP contribution in [0.3, 0.4) is 0 Å². The van der Waals surface area contributed by atoms with Gasteiger partial charge in [0.25, 0.3) is 0 Å². The van der Waals surface area contributed by atoms with Crippen molar-refractivity contribution in [3.05, 3.63) is 47.3 Å². The van der Waals surface area contributed by atoms with Crippen molar-refractivity contribution in [2.75, 3.05) is 10.7 Å². The fraction of sp³-hybridized carbons (Fsp3) is 0.231. The number of nitrogen functional groups attached to an aromatic ring is 1. The molecule has 0 bridgehead atoms. The lowest BCUT2D eigenvalue weighted by atomic mass is 10.1. The van der Waals surface area contributed by atoms with Gasteiger partial charge >= 0.3 is 0 Å². The lowest BCUT2D eigenvalue weighted by Crippen LogP contribution is -2.11. The standard InChI is InChI=1S/C13H17N5/c1-9-3-5-11(6-4-9)8-15-12-7-13(18-14)17-10(2)16-12/h3-7H,8,14H2,1-2H3,(H2,15,16,17,18). The molecule has 1 heterocycles. The molecule has 0 aliphatic rings. The summed E-state index contributed by atoms with van der Waals surface area (Å²) in [6.07, 6.45) is 0. The summed E-state index contributed by atoms with van der Waals surface area (Å²) in [5.41, 5.74) is 4.99. The predicted molar refractivity (Wildman–Crippen MR) is 73.1 cm³/mol. The summed E-state index contributed by atoms with van der Waals surface area (Å²) in [6, 6.07) is 10.2. The molecular formula is C13H17N5. The van der Waals surface area contributed by atoms with E-state index in [4.69, 9.17) is 5.84 Å². The van der Waals surface area contributed by atoms with Crippen LogP contribution in [0.4, 0.5) is 11.6 Å². The van der Waals surface area contributed by atoms with Gasteiger partial charge < -0.3 is 10.7 Å².